The number of rotatable bonds is 56. The molecule has 0 aliphatic heterocycles. The minimum atomic E-state index is -0.794. The number of hydrogen-bond acceptors (Lipinski definition) is 6. The highest BCUT2D eigenvalue weighted by atomic mass is 16.6. The summed E-state index contributed by atoms with van der Waals surface area (Å²) in [6.07, 6.45) is 82.5. The first-order valence-corrected chi connectivity index (χ1v) is 31.3. The maximum Gasteiger partial charge on any atom is 0.306 e. The van der Waals surface area contributed by atoms with Crippen molar-refractivity contribution in [3.05, 3.63) is 97.2 Å². The van der Waals surface area contributed by atoms with E-state index in [1.165, 1.54) is 135 Å². The van der Waals surface area contributed by atoms with Gasteiger partial charge in [0.1, 0.15) is 13.2 Å². The Morgan fingerprint density at radius 2 is 0.581 bits per heavy atom. The van der Waals surface area contributed by atoms with Gasteiger partial charge in [0.2, 0.25) is 0 Å². The molecule has 0 aromatic rings. The van der Waals surface area contributed by atoms with E-state index in [4.69, 9.17) is 14.2 Å². The number of esters is 3. The van der Waals surface area contributed by atoms with Crippen LogP contribution >= 0.6 is 0 Å². The van der Waals surface area contributed by atoms with Gasteiger partial charge in [0.05, 0.1) is 0 Å². The Morgan fingerprint density at radius 3 is 0.973 bits per heavy atom. The number of carbonyl (C=O) groups is 3. The van der Waals surface area contributed by atoms with Crippen molar-refractivity contribution in [2.45, 2.75) is 303 Å². The Balaban J connectivity index is 4.45. The lowest BCUT2D eigenvalue weighted by molar-refractivity contribution is -0.167. The van der Waals surface area contributed by atoms with Crippen LogP contribution in [0.15, 0.2) is 97.2 Å². The third kappa shape index (κ3) is 59.2. The van der Waals surface area contributed by atoms with Gasteiger partial charge in [-0.3, -0.25) is 14.4 Å². The Kier molecular flexibility index (Phi) is 58.8. The fraction of sp³-hybridized carbons (Fsp3) is 0.721. The molecule has 1 unspecified atom stereocenters. The molecule has 0 aliphatic rings. The lowest BCUT2D eigenvalue weighted by Gasteiger charge is -2.18. The zero-order chi connectivity index (χ0) is 53.6. The molecule has 6 heteroatoms. The lowest BCUT2D eigenvalue weighted by Crippen LogP contribution is -2.30. The normalized spacial score (nSPS) is 12.7. The van der Waals surface area contributed by atoms with Crippen molar-refractivity contribution in [3.8, 4) is 0 Å². The number of unbranched alkanes of at least 4 members (excludes halogenated alkanes) is 32. The number of allylic oxidation sites excluding steroid dienone is 16. The van der Waals surface area contributed by atoms with Crippen molar-refractivity contribution >= 4 is 17.9 Å². The van der Waals surface area contributed by atoms with Crippen LogP contribution in [0, 0.1) is 0 Å². The largest absolute Gasteiger partial charge is 0.462 e. The SMILES string of the molecule is CC/C=C\C/C=C\C/C=C\C/C=C\CCCCCCCCC(=O)OCC(COC(=O)CCCCCCC\C=C/C=C\C=C/C=C\CCCCC)OC(=O)CCCCCCCCCCCCCCCCCCCCC. The highest BCUT2D eigenvalue weighted by molar-refractivity contribution is 5.71. The van der Waals surface area contributed by atoms with E-state index >= 15 is 0 Å². The molecule has 0 rings (SSSR count). The number of carbonyl (C=O) groups excluding carboxylic acids is 3. The van der Waals surface area contributed by atoms with E-state index in [0.717, 1.165) is 122 Å². The number of hydrogen-bond donors (Lipinski definition) is 0. The molecule has 0 aromatic carbocycles. The molecule has 424 valence electrons. The van der Waals surface area contributed by atoms with Crippen molar-refractivity contribution in [1.82, 2.24) is 0 Å². The fourth-order valence-electron chi connectivity index (χ4n) is 8.74. The van der Waals surface area contributed by atoms with E-state index in [1.807, 2.05) is 0 Å². The summed E-state index contributed by atoms with van der Waals surface area (Å²) in [5.41, 5.74) is 0. The van der Waals surface area contributed by atoms with E-state index in [0.29, 0.717) is 19.3 Å². The fourth-order valence-corrected chi connectivity index (χ4v) is 8.74. The molecular weight excluding hydrogens is 913 g/mol. The van der Waals surface area contributed by atoms with Gasteiger partial charge in [0, 0.05) is 19.3 Å². The van der Waals surface area contributed by atoms with Crippen LogP contribution in [0.1, 0.15) is 297 Å². The van der Waals surface area contributed by atoms with Gasteiger partial charge in [-0.25, -0.2) is 0 Å². The van der Waals surface area contributed by atoms with Gasteiger partial charge in [0.15, 0.2) is 6.10 Å². The molecule has 0 fully saturated rings. The van der Waals surface area contributed by atoms with Crippen LogP contribution in [0.3, 0.4) is 0 Å². The topological polar surface area (TPSA) is 78.9 Å². The predicted octanol–water partition coefficient (Wildman–Crippen LogP) is 21.3. The van der Waals surface area contributed by atoms with E-state index < -0.39 is 6.10 Å². The van der Waals surface area contributed by atoms with Gasteiger partial charge in [-0.1, -0.05) is 291 Å². The van der Waals surface area contributed by atoms with Crippen molar-refractivity contribution in [3.63, 3.8) is 0 Å². The van der Waals surface area contributed by atoms with Crippen LogP contribution in [0.4, 0.5) is 0 Å². The van der Waals surface area contributed by atoms with Crippen LogP contribution in [-0.4, -0.2) is 37.2 Å². The molecule has 1 atom stereocenters. The van der Waals surface area contributed by atoms with Crippen molar-refractivity contribution in [2.75, 3.05) is 13.2 Å². The summed E-state index contributed by atoms with van der Waals surface area (Å²) < 4.78 is 16.9. The summed E-state index contributed by atoms with van der Waals surface area (Å²) in [6.45, 7) is 6.49. The van der Waals surface area contributed by atoms with Gasteiger partial charge in [0.25, 0.3) is 0 Å². The van der Waals surface area contributed by atoms with Crippen LogP contribution in [0.2, 0.25) is 0 Å². The van der Waals surface area contributed by atoms with Crippen molar-refractivity contribution in [1.29, 1.82) is 0 Å². The predicted molar refractivity (Wildman–Crippen MR) is 320 cm³/mol. The van der Waals surface area contributed by atoms with Gasteiger partial charge in [-0.15, -0.1) is 0 Å². The lowest BCUT2D eigenvalue weighted by atomic mass is 10.0. The molecule has 0 heterocycles. The maximum absolute atomic E-state index is 12.9. The molecule has 0 spiro atoms. The first kappa shape index (κ1) is 70.3. The molecule has 0 amide bonds. The first-order valence-electron chi connectivity index (χ1n) is 31.3. The molecule has 0 aliphatic carbocycles. The highest BCUT2D eigenvalue weighted by Crippen LogP contribution is 2.16. The molecule has 0 saturated heterocycles. The summed E-state index contributed by atoms with van der Waals surface area (Å²) in [7, 11) is 0. The Labute approximate surface area is 457 Å². The molecule has 0 radical (unpaired) electrons. The third-order valence-electron chi connectivity index (χ3n) is 13.4. The highest BCUT2D eigenvalue weighted by Gasteiger charge is 2.19. The van der Waals surface area contributed by atoms with Crippen LogP contribution in [-0.2, 0) is 28.6 Å². The molecule has 0 bridgehead atoms. The zero-order valence-corrected chi connectivity index (χ0v) is 48.6. The second kappa shape index (κ2) is 61.9. The molecule has 74 heavy (non-hydrogen) atoms. The van der Waals surface area contributed by atoms with Crippen molar-refractivity contribution < 1.29 is 28.6 Å². The second-order valence-electron chi connectivity index (χ2n) is 20.7. The summed E-state index contributed by atoms with van der Waals surface area (Å²) >= 11 is 0. The summed E-state index contributed by atoms with van der Waals surface area (Å²) in [4.78, 5) is 38.3. The van der Waals surface area contributed by atoms with Crippen LogP contribution in [0.5, 0.6) is 0 Å². The third-order valence-corrected chi connectivity index (χ3v) is 13.4. The summed E-state index contributed by atoms with van der Waals surface area (Å²) in [6, 6.07) is 0. The zero-order valence-electron chi connectivity index (χ0n) is 48.6. The van der Waals surface area contributed by atoms with E-state index in [-0.39, 0.29) is 31.1 Å². The minimum Gasteiger partial charge on any atom is -0.462 e. The molecular formula is C68H116O6. The average molecular weight is 1030 g/mol. The minimum absolute atomic E-state index is 0.0914. The van der Waals surface area contributed by atoms with Crippen LogP contribution < -0.4 is 0 Å². The van der Waals surface area contributed by atoms with Gasteiger partial charge < -0.3 is 14.2 Å². The van der Waals surface area contributed by atoms with Crippen LogP contribution in [0.25, 0.3) is 0 Å². The summed E-state index contributed by atoms with van der Waals surface area (Å²) in [5, 5.41) is 0. The van der Waals surface area contributed by atoms with Gasteiger partial charge >= 0.3 is 17.9 Å². The van der Waals surface area contributed by atoms with E-state index in [1.54, 1.807) is 0 Å². The molecule has 0 aromatic heterocycles. The standard InChI is InChI=1S/C68H116O6/c1-4-7-10-13-16-19-22-25-28-31-34-37-40-43-46-49-52-55-58-61-67(70)73-64-65(63-72-66(69)60-57-54-51-48-45-42-39-36-33-30-27-24-21-18-15-12-9-6-3)74-68(71)62-59-56-53-50-47-44-41-38-35-32-29-26-23-20-17-14-11-8-5-2/h7,10,16,18-19,21,24-25,27-28,30,33-34,36-37,39,65H,4-6,8-9,11-15,17,20,22-23,26,29,31-32,35,38,40-64H2,1-3H3/b10-7-,19-16-,21-18-,27-24-,28-25-,33-30-,37-34-,39-36-. The first-order chi connectivity index (χ1) is 36.5. The second-order valence-corrected chi connectivity index (χ2v) is 20.7. The Bertz CT molecular complexity index is 1460. The molecule has 0 saturated carbocycles. The monoisotopic (exact) mass is 1030 g/mol. The quantitative estimate of drug-likeness (QED) is 0.0199. The van der Waals surface area contributed by atoms with Gasteiger partial charge in [-0.2, -0.15) is 0 Å². The number of ether oxygens (including phenoxy) is 3. The average Bonchev–Trinajstić information content (AvgIpc) is 3.40. The van der Waals surface area contributed by atoms with E-state index in [2.05, 4.69) is 118 Å². The molecule has 0 N–H and O–H groups in total. The Morgan fingerprint density at radius 1 is 0.297 bits per heavy atom. The maximum atomic E-state index is 12.9. The van der Waals surface area contributed by atoms with Gasteiger partial charge in [-0.05, 0) is 83.5 Å². The van der Waals surface area contributed by atoms with E-state index in [9.17, 15) is 14.4 Å². The summed E-state index contributed by atoms with van der Waals surface area (Å²) in [5.74, 6) is -0.916. The molecule has 6 nitrogen and oxygen atoms in total. The smallest absolute Gasteiger partial charge is 0.306 e. The Hall–Kier alpha value is -3.67. The van der Waals surface area contributed by atoms with Crippen molar-refractivity contribution in [2.24, 2.45) is 0 Å².